The van der Waals surface area contributed by atoms with E-state index in [4.69, 9.17) is 0 Å². The van der Waals surface area contributed by atoms with Crippen LogP contribution >= 0.6 is 23.1 Å². The van der Waals surface area contributed by atoms with E-state index in [1.807, 2.05) is 54.6 Å². The van der Waals surface area contributed by atoms with Gasteiger partial charge in [0, 0.05) is 0 Å². The van der Waals surface area contributed by atoms with Crippen LogP contribution in [0.15, 0.2) is 64.0 Å². The third-order valence-electron chi connectivity index (χ3n) is 3.51. The smallest absolute Gasteiger partial charge is 0.250 e. The van der Waals surface area contributed by atoms with Crippen LogP contribution in [-0.2, 0) is 4.79 Å². The molecule has 1 N–H and O–H groups in total. The standard InChI is InChI=1S/C19H19N3OS2/c1-2-8-15(14-9-4-3-5-10-14)21-22-18(23)13-24-19-20-16-11-6-7-12-17(16)25-19/h3-7,9-12H,2,8,13H2,1H3,(H,22,23). The van der Waals surface area contributed by atoms with Crippen LogP contribution in [0.3, 0.4) is 0 Å². The van der Waals surface area contributed by atoms with E-state index >= 15 is 0 Å². The number of benzene rings is 2. The number of hydrogen-bond donors (Lipinski definition) is 1. The molecule has 1 aromatic heterocycles. The molecule has 0 spiro atoms. The number of amides is 1. The summed E-state index contributed by atoms with van der Waals surface area (Å²) in [6.45, 7) is 2.10. The highest BCUT2D eigenvalue weighted by molar-refractivity contribution is 8.01. The van der Waals surface area contributed by atoms with Gasteiger partial charge in [0.1, 0.15) is 0 Å². The van der Waals surface area contributed by atoms with Gasteiger partial charge in [0.25, 0.3) is 5.91 Å². The summed E-state index contributed by atoms with van der Waals surface area (Å²) >= 11 is 3.05. The predicted molar refractivity (Wildman–Crippen MR) is 106 cm³/mol. The molecule has 0 aliphatic heterocycles. The summed E-state index contributed by atoms with van der Waals surface area (Å²) in [7, 11) is 0. The van der Waals surface area contributed by atoms with Crippen molar-refractivity contribution in [3.63, 3.8) is 0 Å². The van der Waals surface area contributed by atoms with E-state index in [9.17, 15) is 4.79 Å². The quantitative estimate of drug-likeness (QED) is 0.373. The summed E-state index contributed by atoms with van der Waals surface area (Å²) in [6, 6.07) is 17.9. The topological polar surface area (TPSA) is 54.4 Å². The Morgan fingerprint density at radius 2 is 1.92 bits per heavy atom. The summed E-state index contributed by atoms with van der Waals surface area (Å²) in [5, 5.41) is 4.33. The number of hydrogen-bond acceptors (Lipinski definition) is 5. The predicted octanol–water partition coefficient (Wildman–Crippen LogP) is 4.71. The van der Waals surface area contributed by atoms with Crippen molar-refractivity contribution in [1.82, 2.24) is 10.4 Å². The molecule has 25 heavy (non-hydrogen) atoms. The molecule has 3 rings (SSSR count). The first kappa shape index (κ1) is 17.6. The molecule has 0 saturated carbocycles. The molecule has 0 radical (unpaired) electrons. The van der Waals surface area contributed by atoms with Crippen molar-refractivity contribution in [3.8, 4) is 0 Å². The van der Waals surface area contributed by atoms with E-state index in [-0.39, 0.29) is 5.91 Å². The molecule has 6 heteroatoms. The molecular formula is C19H19N3OS2. The molecule has 128 valence electrons. The molecule has 0 unspecified atom stereocenters. The van der Waals surface area contributed by atoms with Crippen molar-refractivity contribution in [2.45, 2.75) is 24.1 Å². The molecular weight excluding hydrogens is 350 g/mol. The summed E-state index contributed by atoms with van der Waals surface area (Å²) in [5.74, 6) is 0.186. The zero-order chi connectivity index (χ0) is 17.5. The van der Waals surface area contributed by atoms with E-state index in [2.05, 4.69) is 22.4 Å². The van der Waals surface area contributed by atoms with Crippen molar-refractivity contribution in [1.29, 1.82) is 0 Å². The molecule has 3 aromatic rings. The maximum atomic E-state index is 12.1. The number of para-hydroxylation sites is 1. The number of thiazole rings is 1. The molecule has 2 aromatic carbocycles. The number of carbonyl (C=O) groups excluding carboxylic acids is 1. The number of nitrogens with one attached hydrogen (secondary N) is 1. The zero-order valence-corrected chi connectivity index (χ0v) is 15.6. The molecule has 0 saturated heterocycles. The summed E-state index contributed by atoms with van der Waals surface area (Å²) in [4.78, 5) is 16.6. The second-order valence-electron chi connectivity index (χ2n) is 5.45. The Balaban J connectivity index is 1.59. The minimum Gasteiger partial charge on any atom is -0.272 e. The number of rotatable bonds is 7. The lowest BCUT2D eigenvalue weighted by Crippen LogP contribution is -2.21. The Morgan fingerprint density at radius 3 is 2.68 bits per heavy atom. The molecule has 1 amide bonds. The van der Waals surface area contributed by atoms with Crippen LogP contribution in [0.25, 0.3) is 10.2 Å². The first-order valence-electron chi connectivity index (χ1n) is 8.15. The number of fused-ring (bicyclic) bond motifs is 1. The molecule has 0 atom stereocenters. The van der Waals surface area contributed by atoms with E-state index < -0.39 is 0 Å². The lowest BCUT2D eigenvalue weighted by Gasteiger charge is -2.06. The Kier molecular flexibility index (Phi) is 6.19. The fourth-order valence-electron chi connectivity index (χ4n) is 2.33. The van der Waals surface area contributed by atoms with Crippen molar-refractivity contribution in [3.05, 3.63) is 60.2 Å². The largest absolute Gasteiger partial charge is 0.272 e. The normalized spacial score (nSPS) is 11.6. The molecule has 0 bridgehead atoms. The van der Waals surface area contributed by atoms with E-state index in [1.54, 1.807) is 11.3 Å². The Hall–Kier alpha value is -2.18. The second-order valence-corrected chi connectivity index (χ2v) is 7.70. The van der Waals surface area contributed by atoms with Crippen molar-refractivity contribution >= 4 is 44.9 Å². The number of thioether (sulfide) groups is 1. The van der Waals surface area contributed by atoms with Crippen LogP contribution in [0, 0.1) is 0 Å². The van der Waals surface area contributed by atoms with Gasteiger partial charge in [-0.05, 0) is 24.1 Å². The molecule has 0 aliphatic rings. The van der Waals surface area contributed by atoms with Gasteiger partial charge in [-0.25, -0.2) is 10.4 Å². The van der Waals surface area contributed by atoms with Crippen molar-refractivity contribution < 1.29 is 4.79 Å². The first-order valence-corrected chi connectivity index (χ1v) is 9.95. The van der Waals surface area contributed by atoms with E-state index in [1.165, 1.54) is 11.8 Å². The number of hydrazone groups is 1. The minimum absolute atomic E-state index is 0.117. The van der Waals surface area contributed by atoms with Gasteiger partial charge in [-0.2, -0.15) is 5.10 Å². The monoisotopic (exact) mass is 369 g/mol. The van der Waals surface area contributed by atoms with Gasteiger partial charge in [0.2, 0.25) is 0 Å². The molecule has 0 aliphatic carbocycles. The molecule has 4 nitrogen and oxygen atoms in total. The van der Waals surface area contributed by atoms with Crippen LogP contribution in [-0.4, -0.2) is 22.4 Å². The van der Waals surface area contributed by atoms with Gasteiger partial charge in [0.05, 0.1) is 21.7 Å². The highest BCUT2D eigenvalue weighted by atomic mass is 32.2. The van der Waals surface area contributed by atoms with Gasteiger partial charge in [-0.3, -0.25) is 4.79 Å². The fraction of sp³-hybridized carbons (Fsp3) is 0.211. The number of nitrogens with zero attached hydrogens (tertiary/aromatic N) is 2. The van der Waals surface area contributed by atoms with E-state index in [0.29, 0.717) is 5.75 Å². The van der Waals surface area contributed by atoms with Gasteiger partial charge < -0.3 is 0 Å². The maximum absolute atomic E-state index is 12.1. The second kappa shape index (κ2) is 8.78. The Bertz CT molecular complexity index is 842. The van der Waals surface area contributed by atoms with Gasteiger partial charge in [0.15, 0.2) is 4.34 Å². The van der Waals surface area contributed by atoms with Gasteiger partial charge in [-0.15, -0.1) is 11.3 Å². The van der Waals surface area contributed by atoms with Gasteiger partial charge >= 0.3 is 0 Å². The minimum atomic E-state index is -0.117. The third kappa shape index (κ3) is 4.90. The van der Waals surface area contributed by atoms with Crippen molar-refractivity contribution in [2.75, 3.05) is 5.75 Å². The average molecular weight is 370 g/mol. The Morgan fingerprint density at radius 1 is 1.16 bits per heavy atom. The van der Waals surface area contributed by atoms with Crippen LogP contribution in [0.2, 0.25) is 0 Å². The maximum Gasteiger partial charge on any atom is 0.250 e. The fourth-order valence-corrected chi connectivity index (χ4v) is 4.20. The zero-order valence-electron chi connectivity index (χ0n) is 13.9. The highest BCUT2D eigenvalue weighted by Crippen LogP contribution is 2.28. The van der Waals surface area contributed by atoms with Crippen LogP contribution in [0.5, 0.6) is 0 Å². The van der Waals surface area contributed by atoms with Crippen LogP contribution < -0.4 is 5.43 Å². The lowest BCUT2D eigenvalue weighted by atomic mass is 10.1. The summed E-state index contributed by atoms with van der Waals surface area (Å²) in [5.41, 5.74) is 5.60. The molecule has 0 fully saturated rings. The highest BCUT2D eigenvalue weighted by Gasteiger charge is 2.08. The van der Waals surface area contributed by atoms with Crippen LogP contribution in [0.4, 0.5) is 0 Å². The number of carbonyl (C=O) groups is 1. The van der Waals surface area contributed by atoms with Crippen molar-refractivity contribution in [2.24, 2.45) is 5.10 Å². The molecule has 1 heterocycles. The Labute approximate surface area is 155 Å². The lowest BCUT2D eigenvalue weighted by molar-refractivity contribution is -0.118. The average Bonchev–Trinajstić information content (AvgIpc) is 3.07. The SMILES string of the molecule is CCCC(=NNC(=O)CSc1nc2ccccc2s1)c1ccccc1. The van der Waals surface area contributed by atoms with Gasteiger partial charge in [-0.1, -0.05) is 67.6 Å². The van der Waals surface area contributed by atoms with E-state index in [0.717, 1.165) is 38.7 Å². The summed E-state index contributed by atoms with van der Waals surface area (Å²) in [6.07, 6.45) is 1.80. The van der Waals surface area contributed by atoms with Crippen LogP contribution in [0.1, 0.15) is 25.3 Å². The third-order valence-corrected chi connectivity index (χ3v) is 5.69. The number of aromatic nitrogens is 1. The summed E-state index contributed by atoms with van der Waals surface area (Å²) < 4.78 is 2.04. The first-order chi connectivity index (χ1) is 12.3.